The monoisotopic (exact) mass is 402 g/mol. The molecule has 4 aromatic rings. The largest absolute Gasteiger partial charge is 0.301 e. The highest BCUT2D eigenvalue weighted by molar-refractivity contribution is 7.99. The number of benzene rings is 2. The van der Waals surface area contributed by atoms with Gasteiger partial charge in [-0.1, -0.05) is 52.9 Å². The molecule has 2 aromatic carbocycles. The van der Waals surface area contributed by atoms with Gasteiger partial charge in [0.25, 0.3) is 0 Å². The van der Waals surface area contributed by atoms with E-state index in [-0.39, 0.29) is 11.7 Å². The number of carbonyl (C=O) groups excluding carboxylic acids is 1. The zero-order chi connectivity index (χ0) is 17.9. The number of fused-ring (bicyclic) bond motifs is 1. The Kier molecular flexibility index (Phi) is 4.83. The number of amides is 1. The van der Waals surface area contributed by atoms with Gasteiger partial charge in [0.15, 0.2) is 5.13 Å². The number of aromatic nitrogens is 5. The number of anilines is 1. The zero-order valence-electron chi connectivity index (χ0n) is 13.2. The van der Waals surface area contributed by atoms with Gasteiger partial charge in [0, 0.05) is 5.02 Å². The molecule has 0 spiro atoms. The van der Waals surface area contributed by atoms with E-state index < -0.39 is 0 Å². The molecule has 2 aromatic heterocycles. The van der Waals surface area contributed by atoms with Crippen molar-refractivity contribution in [2.24, 2.45) is 0 Å². The fourth-order valence-corrected chi connectivity index (χ4v) is 4.09. The van der Waals surface area contributed by atoms with Crippen molar-refractivity contribution in [3.05, 3.63) is 53.6 Å². The van der Waals surface area contributed by atoms with Crippen molar-refractivity contribution in [3.63, 3.8) is 0 Å². The molecule has 0 bridgehead atoms. The SMILES string of the molecule is O=C(CSc1nnnn1-c1ccccc1)Nc1nc2ccc(Cl)cc2s1. The summed E-state index contributed by atoms with van der Waals surface area (Å²) in [5.74, 6) is -0.00747. The molecular formula is C16H11ClN6OS2. The minimum atomic E-state index is -0.178. The lowest BCUT2D eigenvalue weighted by molar-refractivity contribution is -0.113. The Morgan fingerprint density at radius 1 is 1.23 bits per heavy atom. The van der Waals surface area contributed by atoms with Crippen LogP contribution in [0.25, 0.3) is 15.9 Å². The second kappa shape index (κ2) is 7.40. The predicted molar refractivity (Wildman–Crippen MR) is 103 cm³/mol. The van der Waals surface area contributed by atoms with Crippen LogP contribution in [0.4, 0.5) is 5.13 Å². The van der Waals surface area contributed by atoms with E-state index in [4.69, 9.17) is 11.6 Å². The van der Waals surface area contributed by atoms with Crippen LogP contribution in [0, 0.1) is 0 Å². The van der Waals surface area contributed by atoms with Gasteiger partial charge in [0.05, 0.1) is 21.7 Å². The number of thiazole rings is 1. The van der Waals surface area contributed by atoms with Gasteiger partial charge in [-0.3, -0.25) is 4.79 Å². The van der Waals surface area contributed by atoms with Crippen LogP contribution in [0.3, 0.4) is 0 Å². The number of para-hydroxylation sites is 1. The summed E-state index contributed by atoms with van der Waals surface area (Å²) in [6.07, 6.45) is 0. The van der Waals surface area contributed by atoms with Gasteiger partial charge in [-0.05, 0) is 40.8 Å². The standard InChI is InChI=1S/C16H11ClN6OS2/c17-10-6-7-12-13(8-10)26-15(18-12)19-14(24)9-25-16-20-21-22-23(16)11-4-2-1-3-5-11/h1-8H,9H2,(H,18,19,24). The number of hydrogen-bond acceptors (Lipinski definition) is 7. The summed E-state index contributed by atoms with van der Waals surface area (Å²) in [6, 6.07) is 14.9. The molecule has 0 fully saturated rings. The van der Waals surface area contributed by atoms with Gasteiger partial charge in [0.2, 0.25) is 11.1 Å². The fourth-order valence-electron chi connectivity index (χ4n) is 2.24. The van der Waals surface area contributed by atoms with E-state index in [1.54, 1.807) is 10.7 Å². The second-order valence-corrected chi connectivity index (χ2v) is 7.59. The van der Waals surface area contributed by atoms with Gasteiger partial charge >= 0.3 is 0 Å². The van der Waals surface area contributed by atoms with E-state index in [0.29, 0.717) is 15.3 Å². The topological polar surface area (TPSA) is 85.6 Å². The molecule has 0 saturated carbocycles. The Morgan fingerprint density at radius 2 is 2.08 bits per heavy atom. The molecule has 0 aliphatic carbocycles. The van der Waals surface area contributed by atoms with E-state index >= 15 is 0 Å². The quantitative estimate of drug-likeness (QED) is 0.513. The van der Waals surface area contributed by atoms with Crippen LogP contribution in [0.1, 0.15) is 0 Å². The molecule has 0 radical (unpaired) electrons. The lowest BCUT2D eigenvalue weighted by Gasteiger charge is -2.03. The normalized spacial score (nSPS) is 11.0. The molecule has 0 unspecified atom stereocenters. The van der Waals surface area contributed by atoms with Gasteiger partial charge in [0.1, 0.15) is 0 Å². The van der Waals surface area contributed by atoms with Crippen molar-refractivity contribution >= 4 is 56.0 Å². The first-order valence-corrected chi connectivity index (χ1v) is 9.69. The van der Waals surface area contributed by atoms with E-state index in [2.05, 4.69) is 25.8 Å². The number of carbonyl (C=O) groups is 1. The minimum absolute atomic E-state index is 0.171. The summed E-state index contributed by atoms with van der Waals surface area (Å²) in [4.78, 5) is 16.6. The molecule has 0 atom stereocenters. The number of tetrazole rings is 1. The molecule has 1 N–H and O–H groups in total. The third kappa shape index (κ3) is 3.69. The molecule has 7 nitrogen and oxygen atoms in total. The summed E-state index contributed by atoms with van der Waals surface area (Å²) in [5.41, 5.74) is 1.64. The van der Waals surface area contributed by atoms with Crippen LogP contribution >= 0.6 is 34.7 Å². The average molecular weight is 403 g/mol. The Labute approximate surface area is 161 Å². The average Bonchev–Trinajstić information content (AvgIpc) is 3.26. The third-order valence-electron chi connectivity index (χ3n) is 3.37. The highest BCUT2D eigenvalue weighted by Gasteiger charge is 2.13. The Hall–Kier alpha value is -2.49. The second-order valence-electron chi connectivity index (χ2n) is 5.18. The van der Waals surface area contributed by atoms with Crippen LogP contribution in [0.2, 0.25) is 5.02 Å². The number of hydrogen-bond donors (Lipinski definition) is 1. The Balaban J connectivity index is 1.42. The van der Waals surface area contributed by atoms with E-state index in [1.165, 1.54) is 23.1 Å². The molecule has 26 heavy (non-hydrogen) atoms. The van der Waals surface area contributed by atoms with Crippen molar-refractivity contribution in [1.29, 1.82) is 0 Å². The maximum Gasteiger partial charge on any atom is 0.236 e. The lowest BCUT2D eigenvalue weighted by atomic mass is 10.3. The van der Waals surface area contributed by atoms with Crippen LogP contribution in [0.5, 0.6) is 0 Å². The summed E-state index contributed by atoms with van der Waals surface area (Å²) >= 11 is 8.61. The van der Waals surface area contributed by atoms with Gasteiger partial charge in [-0.15, -0.1) is 5.10 Å². The first-order valence-electron chi connectivity index (χ1n) is 7.51. The molecular weight excluding hydrogens is 392 g/mol. The Morgan fingerprint density at radius 3 is 2.92 bits per heavy atom. The molecule has 1 amide bonds. The number of nitrogens with zero attached hydrogens (tertiary/aromatic N) is 5. The predicted octanol–water partition coefficient (Wildman–Crippen LogP) is 3.66. The van der Waals surface area contributed by atoms with Gasteiger partial charge in [-0.25, -0.2) is 4.98 Å². The number of nitrogens with one attached hydrogen (secondary N) is 1. The van der Waals surface area contributed by atoms with E-state index in [0.717, 1.165) is 15.9 Å². The van der Waals surface area contributed by atoms with Crippen molar-refractivity contribution in [3.8, 4) is 5.69 Å². The summed E-state index contributed by atoms with van der Waals surface area (Å²) in [7, 11) is 0. The van der Waals surface area contributed by atoms with Crippen molar-refractivity contribution < 1.29 is 4.79 Å². The highest BCUT2D eigenvalue weighted by atomic mass is 35.5. The van der Waals surface area contributed by atoms with Crippen molar-refractivity contribution in [2.45, 2.75) is 5.16 Å². The summed E-state index contributed by atoms with van der Waals surface area (Å²) in [6.45, 7) is 0. The van der Waals surface area contributed by atoms with Crippen molar-refractivity contribution in [2.75, 3.05) is 11.1 Å². The Bertz CT molecular complexity index is 1060. The van der Waals surface area contributed by atoms with Crippen LogP contribution < -0.4 is 5.32 Å². The van der Waals surface area contributed by atoms with Crippen LogP contribution in [0.15, 0.2) is 53.7 Å². The third-order valence-corrected chi connectivity index (χ3v) is 5.46. The van der Waals surface area contributed by atoms with E-state index in [9.17, 15) is 4.79 Å². The maximum atomic E-state index is 12.2. The molecule has 0 saturated heterocycles. The first-order chi connectivity index (χ1) is 12.7. The first kappa shape index (κ1) is 17.0. The number of halogens is 1. The van der Waals surface area contributed by atoms with Crippen LogP contribution in [-0.4, -0.2) is 36.9 Å². The lowest BCUT2D eigenvalue weighted by Crippen LogP contribution is -2.14. The smallest absolute Gasteiger partial charge is 0.236 e. The molecule has 2 heterocycles. The number of rotatable bonds is 5. The molecule has 4 rings (SSSR count). The minimum Gasteiger partial charge on any atom is -0.301 e. The molecule has 0 aliphatic heterocycles. The van der Waals surface area contributed by atoms with E-state index in [1.807, 2.05) is 42.5 Å². The highest BCUT2D eigenvalue weighted by Crippen LogP contribution is 2.28. The number of thioether (sulfide) groups is 1. The molecule has 10 heteroatoms. The van der Waals surface area contributed by atoms with Crippen molar-refractivity contribution in [1.82, 2.24) is 25.2 Å². The van der Waals surface area contributed by atoms with Gasteiger partial charge < -0.3 is 5.32 Å². The molecule has 130 valence electrons. The molecule has 0 aliphatic rings. The zero-order valence-corrected chi connectivity index (χ0v) is 15.6. The summed E-state index contributed by atoms with van der Waals surface area (Å²) in [5, 5.41) is 16.1. The maximum absolute atomic E-state index is 12.2. The summed E-state index contributed by atoms with van der Waals surface area (Å²) < 4.78 is 2.52. The van der Waals surface area contributed by atoms with Crippen LogP contribution in [-0.2, 0) is 4.79 Å². The van der Waals surface area contributed by atoms with Gasteiger partial charge in [-0.2, -0.15) is 4.68 Å². The fraction of sp³-hybridized carbons (Fsp3) is 0.0625.